The number of piperidine rings is 1. The number of nitrogens with one attached hydrogen (secondary N) is 1. The number of nitrogens with zero attached hydrogens (tertiary/aromatic N) is 1. The van der Waals surface area contributed by atoms with E-state index in [9.17, 15) is 0 Å². The maximum absolute atomic E-state index is 5.84. The summed E-state index contributed by atoms with van der Waals surface area (Å²) < 4.78 is 0. The normalized spacial score (nSPS) is 29.6. The molecule has 16 heavy (non-hydrogen) atoms. The van der Waals surface area contributed by atoms with Crippen LogP contribution in [0, 0.1) is 5.92 Å². The summed E-state index contributed by atoms with van der Waals surface area (Å²) in [5.74, 6) is 0.705. The quantitative estimate of drug-likeness (QED) is 0.756. The molecule has 3 unspecified atom stereocenters. The van der Waals surface area contributed by atoms with Crippen molar-refractivity contribution < 1.29 is 0 Å². The lowest BCUT2D eigenvalue weighted by molar-refractivity contribution is 0.0274. The molecule has 0 bridgehead atoms. The first-order valence-electron chi connectivity index (χ1n) is 6.79. The highest BCUT2D eigenvalue weighted by Crippen LogP contribution is 2.21. The van der Waals surface area contributed by atoms with Crippen LogP contribution in [0.1, 0.15) is 53.4 Å². The van der Waals surface area contributed by atoms with E-state index >= 15 is 0 Å². The highest BCUT2D eigenvalue weighted by atomic mass is 15.5. The Morgan fingerprint density at radius 3 is 2.25 bits per heavy atom. The average Bonchev–Trinajstić information content (AvgIpc) is 2.21. The molecule has 0 saturated carbocycles. The first-order chi connectivity index (χ1) is 7.54. The summed E-state index contributed by atoms with van der Waals surface area (Å²) in [6.07, 6.45) is 5.12. The number of hydrogen-bond donors (Lipinski definition) is 2. The van der Waals surface area contributed by atoms with Crippen molar-refractivity contribution in [2.75, 3.05) is 6.54 Å². The van der Waals surface area contributed by atoms with Gasteiger partial charge in [0.2, 0.25) is 0 Å². The van der Waals surface area contributed by atoms with Crippen molar-refractivity contribution >= 4 is 0 Å². The second kappa shape index (κ2) is 6.58. The van der Waals surface area contributed by atoms with Gasteiger partial charge in [-0.2, -0.15) is 0 Å². The molecule has 3 heteroatoms. The first kappa shape index (κ1) is 13.9. The largest absolute Gasteiger partial charge is 0.329 e. The van der Waals surface area contributed by atoms with Crippen molar-refractivity contribution in [1.29, 1.82) is 0 Å². The number of hydrazine groups is 1. The standard InChI is InChI=1S/C13H29N3/c1-10(2)8-13(9-14)15-16-11(3)6-5-7-12(16)4/h10-13,15H,5-9,14H2,1-4H3. The summed E-state index contributed by atoms with van der Waals surface area (Å²) in [5, 5.41) is 2.43. The van der Waals surface area contributed by atoms with E-state index in [4.69, 9.17) is 5.73 Å². The molecule has 1 aliphatic heterocycles. The molecule has 3 N–H and O–H groups in total. The summed E-state index contributed by atoms with van der Waals surface area (Å²) in [6.45, 7) is 9.87. The molecule has 1 heterocycles. The first-order valence-corrected chi connectivity index (χ1v) is 6.79. The van der Waals surface area contributed by atoms with Gasteiger partial charge in [0, 0.05) is 24.7 Å². The van der Waals surface area contributed by atoms with E-state index in [0.29, 0.717) is 24.0 Å². The molecule has 1 rings (SSSR count). The van der Waals surface area contributed by atoms with Crippen LogP contribution in [0.25, 0.3) is 0 Å². The van der Waals surface area contributed by atoms with Crippen molar-refractivity contribution in [3.8, 4) is 0 Å². The van der Waals surface area contributed by atoms with Crippen LogP contribution < -0.4 is 11.2 Å². The Morgan fingerprint density at radius 1 is 1.25 bits per heavy atom. The van der Waals surface area contributed by atoms with Gasteiger partial charge in [0.25, 0.3) is 0 Å². The van der Waals surface area contributed by atoms with E-state index in [-0.39, 0.29) is 0 Å². The lowest BCUT2D eigenvalue weighted by atomic mass is 9.99. The highest BCUT2D eigenvalue weighted by Gasteiger charge is 2.26. The molecule has 3 nitrogen and oxygen atoms in total. The molecule has 1 aliphatic rings. The maximum Gasteiger partial charge on any atom is 0.0340 e. The van der Waals surface area contributed by atoms with Gasteiger partial charge in [-0.05, 0) is 39.0 Å². The summed E-state index contributed by atoms with van der Waals surface area (Å²) in [7, 11) is 0. The van der Waals surface area contributed by atoms with Crippen molar-refractivity contribution in [2.45, 2.75) is 71.5 Å². The van der Waals surface area contributed by atoms with Crippen molar-refractivity contribution in [1.82, 2.24) is 10.4 Å². The summed E-state index contributed by atoms with van der Waals surface area (Å²) in [6, 6.07) is 1.72. The lowest BCUT2D eigenvalue weighted by Gasteiger charge is -2.41. The third kappa shape index (κ3) is 4.04. The van der Waals surface area contributed by atoms with E-state index in [1.54, 1.807) is 0 Å². The second-order valence-corrected chi connectivity index (χ2v) is 5.73. The molecule has 0 aromatic carbocycles. The van der Waals surface area contributed by atoms with Gasteiger partial charge in [0.15, 0.2) is 0 Å². The molecule has 3 atom stereocenters. The van der Waals surface area contributed by atoms with Gasteiger partial charge >= 0.3 is 0 Å². The fourth-order valence-corrected chi connectivity index (χ4v) is 2.66. The average molecular weight is 227 g/mol. The van der Waals surface area contributed by atoms with Crippen LogP contribution in [0.3, 0.4) is 0 Å². The van der Waals surface area contributed by atoms with Gasteiger partial charge in [-0.15, -0.1) is 0 Å². The Balaban J connectivity index is 2.48. The van der Waals surface area contributed by atoms with Crippen molar-refractivity contribution in [2.24, 2.45) is 11.7 Å². The Hall–Kier alpha value is -0.120. The Morgan fingerprint density at radius 2 is 1.81 bits per heavy atom. The maximum atomic E-state index is 5.84. The van der Waals surface area contributed by atoms with Crippen LogP contribution in [0.15, 0.2) is 0 Å². The topological polar surface area (TPSA) is 41.3 Å². The molecular formula is C13H29N3. The molecule has 0 aromatic heterocycles. The zero-order chi connectivity index (χ0) is 12.1. The van der Waals surface area contributed by atoms with E-state index < -0.39 is 0 Å². The van der Waals surface area contributed by atoms with E-state index in [1.165, 1.54) is 19.3 Å². The van der Waals surface area contributed by atoms with Crippen molar-refractivity contribution in [3.05, 3.63) is 0 Å². The minimum absolute atomic E-state index is 0.433. The van der Waals surface area contributed by atoms with Gasteiger partial charge in [-0.3, -0.25) is 5.43 Å². The summed E-state index contributed by atoms with van der Waals surface area (Å²) in [5.41, 5.74) is 9.48. The fourth-order valence-electron chi connectivity index (χ4n) is 2.66. The monoisotopic (exact) mass is 227 g/mol. The molecule has 1 saturated heterocycles. The molecule has 0 amide bonds. The van der Waals surface area contributed by atoms with E-state index in [2.05, 4.69) is 38.1 Å². The van der Waals surface area contributed by atoms with Gasteiger partial charge in [-0.1, -0.05) is 20.3 Å². The van der Waals surface area contributed by atoms with Gasteiger partial charge in [0.05, 0.1) is 0 Å². The van der Waals surface area contributed by atoms with Crippen LogP contribution >= 0.6 is 0 Å². The third-order valence-corrected chi connectivity index (χ3v) is 3.57. The highest BCUT2D eigenvalue weighted by molar-refractivity contribution is 4.79. The van der Waals surface area contributed by atoms with Crippen LogP contribution in [-0.4, -0.2) is 29.7 Å². The summed E-state index contributed by atoms with van der Waals surface area (Å²) >= 11 is 0. The molecule has 0 aliphatic carbocycles. The van der Waals surface area contributed by atoms with Gasteiger partial charge in [0.1, 0.15) is 0 Å². The fraction of sp³-hybridized carbons (Fsp3) is 1.00. The predicted molar refractivity (Wildman–Crippen MR) is 70.0 cm³/mol. The number of nitrogens with two attached hydrogens (primary N) is 1. The molecule has 96 valence electrons. The zero-order valence-electron chi connectivity index (χ0n) is 11.4. The predicted octanol–water partition coefficient (Wildman–Crippen LogP) is 2.13. The van der Waals surface area contributed by atoms with Crippen LogP contribution in [-0.2, 0) is 0 Å². The molecular weight excluding hydrogens is 198 g/mol. The minimum Gasteiger partial charge on any atom is -0.329 e. The van der Waals surface area contributed by atoms with Crippen LogP contribution in [0.4, 0.5) is 0 Å². The Labute approximate surface area is 101 Å². The zero-order valence-corrected chi connectivity index (χ0v) is 11.4. The minimum atomic E-state index is 0.433. The smallest absolute Gasteiger partial charge is 0.0340 e. The molecule has 0 radical (unpaired) electrons. The van der Waals surface area contributed by atoms with Gasteiger partial charge in [-0.25, -0.2) is 5.01 Å². The summed E-state index contributed by atoms with van der Waals surface area (Å²) in [4.78, 5) is 0. The van der Waals surface area contributed by atoms with Gasteiger partial charge < -0.3 is 5.73 Å². The lowest BCUT2D eigenvalue weighted by Crippen LogP contribution is -2.57. The number of hydrogen-bond acceptors (Lipinski definition) is 3. The van der Waals surface area contributed by atoms with Crippen molar-refractivity contribution in [3.63, 3.8) is 0 Å². The number of rotatable bonds is 5. The van der Waals surface area contributed by atoms with Crippen LogP contribution in [0.2, 0.25) is 0 Å². The Kier molecular flexibility index (Phi) is 5.73. The molecule has 1 fully saturated rings. The molecule has 0 aromatic rings. The van der Waals surface area contributed by atoms with E-state index in [1.807, 2.05) is 0 Å². The SMILES string of the molecule is CC(C)CC(CN)NN1C(C)CCCC1C. The second-order valence-electron chi connectivity index (χ2n) is 5.73. The van der Waals surface area contributed by atoms with E-state index in [0.717, 1.165) is 13.0 Å². The van der Waals surface area contributed by atoms with Crippen LogP contribution in [0.5, 0.6) is 0 Å². The Bertz CT molecular complexity index is 184. The molecule has 0 spiro atoms. The third-order valence-electron chi connectivity index (χ3n) is 3.57.